The zero-order valence-corrected chi connectivity index (χ0v) is 11.6. The van der Waals surface area contributed by atoms with Crippen LogP contribution in [0.2, 0.25) is 0 Å². The fraction of sp³-hybridized carbons (Fsp3) is 0.467. The Bertz CT molecular complexity index is 614. The highest BCUT2D eigenvalue weighted by atomic mass is 19.1. The van der Waals surface area contributed by atoms with Crippen LogP contribution in [0.3, 0.4) is 0 Å². The lowest BCUT2D eigenvalue weighted by Crippen LogP contribution is -2.06. The first kappa shape index (κ1) is 13.1. The molecule has 2 aromatic rings. The molecule has 0 atom stereocenters. The first-order valence-corrected chi connectivity index (χ1v) is 7.11. The number of hydrogen-bond donors (Lipinski definition) is 1. The highest BCUT2D eigenvalue weighted by molar-refractivity contribution is 5.71. The Morgan fingerprint density at radius 3 is 2.75 bits per heavy atom. The monoisotopic (exact) mass is 274 g/mol. The second-order valence-electron chi connectivity index (χ2n) is 5.48. The number of aryl methyl sites for hydroxylation is 1. The molecule has 1 heterocycles. The van der Waals surface area contributed by atoms with E-state index in [4.69, 9.17) is 5.73 Å². The van der Waals surface area contributed by atoms with Gasteiger partial charge in [0.05, 0.1) is 0 Å². The van der Waals surface area contributed by atoms with Gasteiger partial charge in [-0.3, -0.25) is 0 Å². The molecular weight excluding hydrogens is 255 g/mol. The minimum atomic E-state index is -0.309. The molecule has 1 aliphatic rings. The van der Waals surface area contributed by atoms with Crippen LogP contribution in [-0.2, 0) is 7.05 Å². The second-order valence-corrected chi connectivity index (χ2v) is 5.48. The highest BCUT2D eigenvalue weighted by Crippen LogP contribution is 2.32. The first-order chi connectivity index (χ1) is 9.65. The number of halogens is 1. The average Bonchev–Trinajstić information content (AvgIpc) is 2.84. The maximum atomic E-state index is 13.4. The largest absolute Gasteiger partial charge is 0.398 e. The normalized spacial score (nSPS) is 16.5. The standard InChI is InChI=1S/C15H19FN4/c1-20-15(12-9-11(16)7-8-13(12)17)18-14(19-20)10-5-3-2-4-6-10/h7-10H,2-6,17H2,1H3. The molecule has 2 N–H and O–H groups in total. The summed E-state index contributed by atoms with van der Waals surface area (Å²) in [5, 5.41) is 4.51. The van der Waals surface area contributed by atoms with Gasteiger partial charge in [-0.1, -0.05) is 19.3 Å². The summed E-state index contributed by atoms with van der Waals surface area (Å²) in [5.74, 6) is 1.63. The van der Waals surface area contributed by atoms with Crippen molar-refractivity contribution in [1.29, 1.82) is 0 Å². The Labute approximate surface area is 117 Å². The number of nitrogen functional groups attached to an aromatic ring is 1. The SMILES string of the molecule is Cn1nc(C2CCCCC2)nc1-c1cc(F)ccc1N. The van der Waals surface area contributed by atoms with Gasteiger partial charge in [0, 0.05) is 24.2 Å². The Morgan fingerprint density at radius 1 is 1.25 bits per heavy atom. The second kappa shape index (κ2) is 5.23. The van der Waals surface area contributed by atoms with Crippen molar-refractivity contribution in [3.05, 3.63) is 29.8 Å². The lowest BCUT2D eigenvalue weighted by molar-refractivity contribution is 0.427. The van der Waals surface area contributed by atoms with Crippen LogP contribution in [0.1, 0.15) is 43.8 Å². The third kappa shape index (κ3) is 2.40. The fourth-order valence-corrected chi connectivity index (χ4v) is 2.89. The molecule has 3 rings (SSSR count). The molecule has 0 spiro atoms. The Kier molecular flexibility index (Phi) is 3.42. The van der Waals surface area contributed by atoms with Gasteiger partial charge in [-0.15, -0.1) is 0 Å². The number of benzene rings is 1. The molecule has 0 amide bonds. The maximum absolute atomic E-state index is 13.4. The summed E-state index contributed by atoms with van der Waals surface area (Å²) in [4.78, 5) is 4.61. The van der Waals surface area contributed by atoms with E-state index in [1.54, 1.807) is 10.7 Å². The predicted octanol–water partition coefficient (Wildman–Crippen LogP) is 3.25. The zero-order chi connectivity index (χ0) is 14.1. The third-order valence-electron chi connectivity index (χ3n) is 4.01. The van der Waals surface area contributed by atoms with Gasteiger partial charge in [-0.05, 0) is 31.0 Å². The molecule has 1 saturated carbocycles. The third-order valence-corrected chi connectivity index (χ3v) is 4.01. The zero-order valence-electron chi connectivity index (χ0n) is 11.6. The summed E-state index contributed by atoms with van der Waals surface area (Å²) in [6.07, 6.45) is 6.05. The van der Waals surface area contributed by atoms with Crippen LogP contribution in [0.15, 0.2) is 18.2 Å². The molecule has 0 unspecified atom stereocenters. The van der Waals surface area contributed by atoms with E-state index >= 15 is 0 Å². The van der Waals surface area contributed by atoms with Crippen molar-refractivity contribution in [1.82, 2.24) is 14.8 Å². The molecule has 4 nitrogen and oxygen atoms in total. The first-order valence-electron chi connectivity index (χ1n) is 7.11. The van der Waals surface area contributed by atoms with Crippen molar-refractivity contribution < 1.29 is 4.39 Å². The van der Waals surface area contributed by atoms with E-state index in [2.05, 4.69) is 10.1 Å². The van der Waals surface area contributed by atoms with Gasteiger partial charge in [-0.2, -0.15) is 5.10 Å². The quantitative estimate of drug-likeness (QED) is 0.855. The maximum Gasteiger partial charge on any atom is 0.160 e. The molecule has 1 aromatic carbocycles. The number of hydrogen-bond acceptors (Lipinski definition) is 3. The van der Waals surface area contributed by atoms with Crippen molar-refractivity contribution in [2.45, 2.75) is 38.0 Å². The Morgan fingerprint density at radius 2 is 2.00 bits per heavy atom. The average molecular weight is 274 g/mol. The van der Waals surface area contributed by atoms with Crippen LogP contribution < -0.4 is 5.73 Å². The van der Waals surface area contributed by atoms with E-state index in [0.29, 0.717) is 23.0 Å². The molecule has 0 bridgehead atoms. The molecule has 1 fully saturated rings. The summed E-state index contributed by atoms with van der Waals surface area (Å²) in [6, 6.07) is 4.35. The topological polar surface area (TPSA) is 56.7 Å². The fourth-order valence-electron chi connectivity index (χ4n) is 2.89. The van der Waals surface area contributed by atoms with Crippen molar-refractivity contribution in [3.8, 4) is 11.4 Å². The Balaban J connectivity index is 1.98. The molecular formula is C15H19FN4. The van der Waals surface area contributed by atoms with E-state index in [9.17, 15) is 4.39 Å². The van der Waals surface area contributed by atoms with Crippen LogP contribution >= 0.6 is 0 Å². The Hall–Kier alpha value is -1.91. The molecule has 106 valence electrons. The smallest absolute Gasteiger partial charge is 0.160 e. The van der Waals surface area contributed by atoms with Crippen LogP contribution in [0.4, 0.5) is 10.1 Å². The molecule has 1 aliphatic carbocycles. The molecule has 0 aliphatic heterocycles. The molecule has 0 radical (unpaired) electrons. The van der Waals surface area contributed by atoms with Gasteiger partial charge >= 0.3 is 0 Å². The summed E-state index contributed by atoms with van der Waals surface area (Å²) in [7, 11) is 1.83. The number of nitrogens with two attached hydrogens (primary N) is 1. The number of aromatic nitrogens is 3. The van der Waals surface area contributed by atoms with Crippen LogP contribution in [0.25, 0.3) is 11.4 Å². The van der Waals surface area contributed by atoms with Gasteiger partial charge in [0.2, 0.25) is 0 Å². The molecule has 0 saturated heterocycles. The minimum Gasteiger partial charge on any atom is -0.398 e. The lowest BCUT2D eigenvalue weighted by atomic mass is 9.89. The van der Waals surface area contributed by atoms with Crippen molar-refractivity contribution >= 4 is 5.69 Å². The summed E-state index contributed by atoms with van der Waals surface area (Å²) >= 11 is 0. The van der Waals surface area contributed by atoms with E-state index < -0.39 is 0 Å². The molecule has 20 heavy (non-hydrogen) atoms. The molecule has 5 heteroatoms. The van der Waals surface area contributed by atoms with Crippen molar-refractivity contribution in [3.63, 3.8) is 0 Å². The van der Waals surface area contributed by atoms with Crippen molar-refractivity contribution in [2.24, 2.45) is 7.05 Å². The number of anilines is 1. The van der Waals surface area contributed by atoms with E-state index in [0.717, 1.165) is 18.7 Å². The summed E-state index contributed by atoms with van der Waals surface area (Å²) in [6.45, 7) is 0. The van der Waals surface area contributed by atoms with E-state index in [1.807, 2.05) is 7.05 Å². The molecule has 1 aromatic heterocycles. The predicted molar refractivity (Wildman–Crippen MR) is 76.6 cm³/mol. The van der Waals surface area contributed by atoms with Crippen molar-refractivity contribution in [2.75, 3.05) is 5.73 Å². The number of nitrogens with zero attached hydrogens (tertiary/aromatic N) is 3. The van der Waals surface area contributed by atoms with Gasteiger partial charge < -0.3 is 5.73 Å². The minimum absolute atomic E-state index is 0.309. The lowest BCUT2D eigenvalue weighted by Gasteiger charge is -2.18. The van der Waals surface area contributed by atoms with Gasteiger partial charge in [-0.25, -0.2) is 14.1 Å². The summed E-state index contributed by atoms with van der Waals surface area (Å²) in [5.41, 5.74) is 7.07. The van der Waals surface area contributed by atoms with Crippen LogP contribution in [-0.4, -0.2) is 14.8 Å². The van der Waals surface area contributed by atoms with Crippen LogP contribution in [0.5, 0.6) is 0 Å². The summed E-state index contributed by atoms with van der Waals surface area (Å²) < 4.78 is 15.1. The van der Waals surface area contributed by atoms with Gasteiger partial charge in [0.1, 0.15) is 5.82 Å². The van der Waals surface area contributed by atoms with Gasteiger partial charge in [0.15, 0.2) is 11.6 Å². The van der Waals surface area contributed by atoms with Gasteiger partial charge in [0.25, 0.3) is 0 Å². The van der Waals surface area contributed by atoms with Crippen LogP contribution in [0, 0.1) is 5.82 Å². The van der Waals surface area contributed by atoms with E-state index in [-0.39, 0.29) is 5.82 Å². The van der Waals surface area contributed by atoms with E-state index in [1.165, 1.54) is 31.4 Å². The number of rotatable bonds is 2. The highest BCUT2D eigenvalue weighted by Gasteiger charge is 2.22.